The zero-order valence-corrected chi connectivity index (χ0v) is 7.93. The molecule has 0 aromatic heterocycles. The molecule has 0 heterocycles. The SMILES string of the molecule is CCCC=Cc1cc[c]c(Cl)c1. The molecule has 1 aromatic carbocycles. The summed E-state index contributed by atoms with van der Waals surface area (Å²) < 4.78 is 0. The van der Waals surface area contributed by atoms with Crippen molar-refractivity contribution in [2.45, 2.75) is 19.8 Å². The first-order valence-corrected chi connectivity index (χ1v) is 4.54. The fraction of sp³-hybridized carbons (Fsp3) is 0.273. The number of benzene rings is 1. The Kier molecular flexibility index (Phi) is 3.89. The van der Waals surface area contributed by atoms with Crippen LogP contribution in [0.1, 0.15) is 25.3 Å². The van der Waals surface area contributed by atoms with Gasteiger partial charge in [-0.25, -0.2) is 0 Å². The topological polar surface area (TPSA) is 0 Å². The second kappa shape index (κ2) is 5.00. The van der Waals surface area contributed by atoms with E-state index in [0.717, 1.165) is 12.0 Å². The zero-order valence-electron chi connectivity index (χ0n) is 7.18. The van der Waals surface area contributed by atoms with E-state index in [2.05, 4.69) is 25.1 Å². The number of hydrogen-bond acceptors (Lipinski definition) is 0. The average Bonchev–Trinajstić information content (AvgIpc) is 2.05. The van der Waals surface area contributed by atoms with E-state index in [-0.39, 0.29) is 0 Å². The van der Waals surface area contributed by atoms with E-state index in [9.17, 15) is 0 Å². The number of allylic oxidation sites excluding steroid dienone is 1. The van der Waals surface area contributed by atoms with E-state index in [1.165, 1.54) is 6.42 Å². The van der Waals surface area contributed by atoms with Gasteiger partial charge in [-0.1, -0.05) is 49.2 Å². The van der Waals surface area contributed by atoms with Gasteiger partial charge in [0.05, 0.1) is 0 Å². The average molecular weight is 180 g/mol. The summed E-state index contributed by atoms with van der Waals surface area (Å²) in [7, 11) is 0. The second-order valence-corrected chi connectivity index (χ2v) is 3.07. The highest BCUT2D eigenvalue weighted by Crippen LogP contribution is 2.11. The molecule has 12 heavy (non-hydrogen) atoms. The summed E-state index contributed by atoms with van der Waals surface area (Å²) in [6.45, 7) is 2.16. The molecule has 0 aliphatic carbocycles. The molecule has 0 amide bonds. The molecular formula is C11H12Cl. The van der Waals surface area contributed by atoms with Crippen LogP contribution in [0.25, 0.3) is 6.08 Å². The third-order valence-corrected chi connectivity index (χ3v) is 1.77. The summed E-state index contributed by atoms with van der Waals surface area (Å²) in [6, 6.07) is 8.64. The summed E-state index contributed by atoms with van der Waals surface area (Å²) in [4.78, 5) is 0. The third-order valence-electron chi connectivity index (χ3n) is 1.56. The molecule has 0 bridgehead atoms. The summed E-state index contributed by atoms with van der Waals surface area (Å²) in [5.74, 6) is 0. The van der Waals surface area contributed by atoms with E-state index in [1.807, 2.05) is 18.2 Å². The lowest BCUT2D eigenvalue weighted by Crippen LogP contribution is -1.71. The molecule has 1 rings (SSSR count). The zero-order chi connectivity index (χ0) is 8.81. The van der Waals surface area contributed by atoms with Crippen LogP contribution in [0.2, 0.25) is 5.02 Å². The Morgan fingerprint density at radius 1 is 1.58 bits per heavy atom. The highest BCUT2D eigenvalue weighted by molar-refractivity contribution is 6.30. The van der Waals surface area contributed by atoms with Gasteiger partial charge in [-0.15, -0.1) is 0 Å². The standard InChI is InChI=1S/C11H12Cl/c1-2-3-4-6-10-7-5-8-11(12)9-10/h4-7,9H,2-3H2,1H3. The number of rotatable bonds is 3. The minimum atomic E-state index is 0.675. The maximum atomic E-state index is 5.77. The van der Waals surface area contributed by atoms with Crippen LogP contribution in [0.15, 0.2) is 24.3 Å². The van der Waals surface area contributed by atoms with E-state index >= 15 is 0 Å². The van der Waals surface area contributed by atoms with E-state index in [1.54, 1.807) is 0 Å². The van der Waals surface area contributed by atoms with Crippen LogP contribution >= 0.6 is 11.6 Å². The van der Waals surface area contributed by atoms with Gasteiger partial charge in [0.15, 0.2) is 0 Å². The number of unbranched alkanes of at least 4 members (excludes halogenated alkanes) is 1. The minimum Gasteiger partial charge on any atom is -0.0840 e. The van der Waals surface area contributed by atoms with Gasteiger partial charge >= 0.3 is 0 Å². The molecule has 1 radical (unpaired) electrons. The molecular weight excluding hydrogens is 168 g/mol. The molecule has 0 atom stereocenters. The summed E-state index contributed by atoms with van der Waals surface area (Å²) >= 11 is 5.77. The van der Waals surface area contributed by atoms with E-state index in [0.29, 0.717) is 5.02 Å². The molecule has 1 aromatic rings. The molecule has 0 saturated heterocycles. The molecule has 1 heteroatoms. The van der Waals surface area contributed by atoms with E-state index in [4.69, 9.17) is 11.6 Å². The van der Waals surface area contributed by atoms with Crippen molar-refractivity contribution < 1.29 is 0 Å². The van der Waals surface area contributed by atoms with Crippen molar-refractivity contribution >= 4 is 17.7 Å². The van der Waals surface area contributed by atoms with Gasteiger partial charge in [0.2, 0.25) is 0 Å². The molecule has 0 spiro atoms. The minimum absolute atomic E-state index is 0.675. The molecule has 0 aliphatic rings. The van der Waals surface area contributed by atoms with Crippen molar-refractivity contribution in [1.29, 1.82) is 0 Å². The van der Waals surface area contributed by atoms with E-state index < -0.39 is 0 Å². The summed E-state index contributed by atoms with van der Waals surface area (Å²) in [5, 5.41) is 0.675. The normalized spacial score (nSPS) is 10.8. The molecule has 0 nitrogen and oxygen atoms in total. The van der Waals surface area contributed by atoms with Crippen LogP contribution in [0.4, 0.5) is 0 Å². The predicted octanol–water partition coefficient (Wildman–Crippen LogP) is 3.95. The fourth-order valence-electron chi connectivity index (χ4n) is 0.943. The van der Waals surface area contributed by atoms with Gasteiger partial charge < -0.3 is 0 Å². The first-order valence-electron chi connectivity index (χ1n) is 4.16. The Morgan fingerprint density at radius 3 is 3.08 bits per heavy atom. The van der Waals surface area contributed by atoms with Crippen LogP contribution in [-0.2, 0) is 0 Å². The summed E-state index contributed by atoms with van der Waals surface area (Å²) in [5.41, 5.74) is 1.15. The lowest BCUT2D eigenvalue weighted by atomic mass is 10.2. The maximum Gasteiger partial charge on any atom is 0.0490 e. The van der Waals surface area contributed by atoms with Crippen molar-refractivity contribution in [3.8, 4) is 0 Å². The monoisotopic (exact) mass is 179 g/mol. The Bertz CT molecular complexity index is 263. The van der Waals surface area contributed by atoms with Gasteiger partial charge in [-0.3, -0.25) is 0 Å². The van der Waals surface area contributed by atoms with Crippen LogP contribution in [0.5, 0.6) is 0 Å². The van der Waals surface area contributed by atoms with Crippen LogP contribution < -0.4 is 0 Å². The Hall–Kier alpha value is -0.750. The Labute approximate surface area is 78.9 Å². The van der Waals surface area contributed by atoms with Crippen LogP contribution in [0.3, 0.4) is 0 Å². The quantitative estimate of drug-likeness (QED) is 0.659. The largest absolute Gasteiger partial charge is 0.0840 e. The molecule has 63 valence electrons. The van der Waals surface area contributed by atoms with Gasteiger partial charge in [0, 0.05) is 11.1 Å². The van der Waals surface area contributed by atoms with Gasteiger partial charge in [0.25, 0.3) is 0 Å². The van der Waals surface area contributed by atoms with Crippen molar-refractivity contribution in [1.82, 2.24) is 0 Å². The first-order chi connectivity index (χ1) is 5.83. The lowest BCUT2D eigenvalue weighted by Gasteiger charge is -1.92. The smallest absolute Gasteiger partial charge is 0.0490 e. The molecule has 0 fully saturated rings. The maximum absolute atomic E-state index is 5.77. The lowest BCUT2D eigenvalue weighted by molar-refractivity contribution is 0.962. The highest BCUT2D eigenvalue weighted by Gasteiger charge is 1.87. The first kappa shape index (κ1) is 9.34. The molecule has 0 N–H and O–H groups in total. The Balaban J connectivity index is 2.63. The van der Waals surface area contributed by atoms with Gasteiger partial charge in [-0.05, 0) is 18.1 Å². The predicted molar refractivity (Wildman–Crippen MR) is 54.2 cm³/mol. The summed E-state index contributed by atoms with van der Waals surface area (Å²) in [6.07, 6.45) is 6.55. The van der Waals surface area contributed by atoms with Crippen LogP contribution in [0, 0.1) is 6.07 Å². The van der Waals surface area contributed by atoms with Gasteiger partial charge in [0.1, 0.15) is 0 Å². The van der Waals surface area contributed by atoms with Crippen molar-refractivity contribution in [2.75, 3.05) is 0 Å². The Morgan fingerprint density at radius 2 is 2.42 bits per heavy atom. The number of hydrogen-bond donors (Lipinski definition) is 0. The highest BCUT2D eigenvalue weighted by atomic mass is 35.5. The van der Waals surface area contributed by atoms with Crippen LogP contribution in [-0.4, -0.2) is 0 Å². The molecule has 0 saturated carbocycles. The van der Waals surface area contributed by atoms with Crippen molar-refractivity contribution in [3.63, 3.8) is 0 Å². The molecule has 0 unspecified atom stereocenters. The van der Waals surface area contributed by atoms with Crippen molar-refractivity contribution in [2.24, 2.45) is 0 Å². The molecule has 0 aliphatic heterocycles. The van der Waals surface area contributed by atoms with Gasteiger partial charge in [-0.2, -0.15) is 0 Å². The third kappa shape index (κ3) is 3.10. The fourth-order valence-corrected chi connectivity index (χ4v) is 1.13. The second-order valence-electron chi connectivity index (χ2n) is 2.66. The number of halogens is 1. The van der Waals surface area contributed by atoms with Crippen molar-refractivity contribution in [3.05, 3.63) is 40.9 Å².